The van der Waals surface area contributed by atoms with E-state index in [1.165, 1.54) is 53.9 Å². The molecule has 0 bridgehead atoms. The summed E-state index contributed by atoms with van der Waals surface area (Å²) >= 11 is 2.57. The molecule has 3 rings (SSSR count). The van der Waals surface area contributed by atoms with E-state index in [0.29, 0.717) is 33.3 Å². The highest BCUT2D eigenvalue weighted by Gasteiger charge is 2.34. The van der Waals surface area contributed by atoms with Crippen LogP contribution in [0.2, 0.25) is 0 Å². The third-order valence-corrected chi connectivity index (χ3v) is 11.0. The summed E-state index contributed by atoms with van der Waals surface area (Å²) in [4.78, 5) is 63.7. The summed E-state index contributed by atoms with van der Waals surface area (Å²) in [6.45, 7) is 20.3. The van der Waals surface area contributed by atoms with Crippen LogP contribution in [0.15, 0.2) is 58.3 Å². The van der Waals surface area contributed by atoms with Crippen LogP contribution in [0.25, 0.3) is 0 Å². The minimum absolute atomic E-state index is 0.0215. The number of carbonyl (C=O) groups is 5. The lowest BCUT2D eigenvalue weighted by Crippen LogP contribution is -2.35. The normalized spacial score (nSPS) is 11.9. The first-order valence-electron chi connectivity index (χ1n) is 23.5. The maximum Gasteiger partial charge on any atom is 0.418 e. The number of aryl methyl sites for hydroxylation is 1. The number of halogens is 4. The highest BCUT2D eigenvalue weighted by molar-refractivity contribution is 8.00. The van der Waals surface area contributed by atoms with E-state index < -0.39 is 71.2 Å². The summed E-state index contributed by atoms with van der Waals surface area (Å²) in [5.74, 6) is 0.719. The van der Waals surface area contributed by atoms with Gasteiger partial charge in [0, 0.05) is 65.4 Å². The van der Waals surface area contributed by atoms with Gasteiger partial charge in [-0.2, -0.15) is 13.2 Å². The van der Waals surface area contributed by atoms with Crippen LogP contribution in [0.5, 0.6) is 11.5 Å². The molecule has 7 N–H and O–H groups in total. The van der Waals surface area contributed by atoms with Gasteiger partial charge >= 0.3 is 36.6 Å². The standard InChI is InChI=1S/C50H71F4N7O10S2/c1-46(2,3)68-42(63)56-19-13-14-31-26-33(15-18-38(31)67-34-16-17-36(35(28-34)50(52,53)54)55-20-21-57-43(64)69-47(4,5)6)60-41(62)61-37-27-32(30-51)39(72-24-22-58-44(65)70-48(7,8)9)29-40(37)73-25-23-59-45(66)71-49(10,11)12/h15-18,26-29,55H,13-14,19-25,30H2,1-12H3,(H,56,63)(H,57,64)(H,58,65)(H,59,66)(H2,60,61,62). The molecule has 0 aliphatic carbocycles. The molecule has 17 nitrogen and oxygen atoms in total. The lowest BCUT2D eigenvalue weighted by Gasteiger charge is -2.20. The van der Waals surface area contributed by atoms with E-state index in [0.717, 1.165) is 6.07 Å². The molecule has 0 spiro atoms. The van der Waals surface area contributed by atoms with Gasteiger partial charge in [-0.3, -0.25) is 0 Å². The van der Waals surface area contributed by atoms with Gasteiger partial charge in [-0.1, -0.05) is 0 Å². The Kier molecular flexibility index (Phi) is 23.0. The molecule has 6 amide bonds. The van der Waals surface area contributed by atoms with Crippen molar-refractivity contribution in [3.63, 3.8) is 0 Å². The molecule has 0 fully saturated rings. The Morgan fingerprint density at radius 3 is 1.55 bits per heavy atom. The summed E-state index contributed by atoms with van der Waals surface area (Å²) in [6, 6.07) is 10.5. The van der Waals surface area contributed by atoms with Crippen molar-refractivity contribution in [1.82, 2.24) is 21.3 Å². The lowest BCUT2D eigenvalue weighted by molar-refractivity contribution is -0.137. The fourth-order valence-corrected chi connectivity index (χ4v) is 8.01. The zero-order chi connectivity index (χ0) is 54.8. The summed E-state index contributed by atoms with van der Waals surface area (Å²) in [6.07, 6.45) is -6.79. The van der Waals surface area contributed by atoms with Gasteiger partial charge in [-0.15, -0.1) is 23.5 Å². The molecule has 0 aliphatic heterocycles. The van der Waals surface area contributed by atoms with Crippen molar-refractivity contribution in [2.75, 3.05) is 60.2 Å². The van der Waals surface area contributed by atoms with Crippen molar-refractivity contribution >= 4 is 71.0 Å². The van der Waals surface area contributed by atoms with Crippen LogP contribution in [0.3, 0.4) is 0 Å². The Labute approximate surface area is 433 Å². The zero-order valence-electron chi connectivity index (χ0n) is 43.6. The van der Waals surface area contributed by atoms with E-state index in [1.54, 1.807) is 95.2 Å². The Hall–Kier alpha value is -5.97. The number of thioether (sulfide) groups is 2. The van der Waals surface area contributed by atoms with Crippen molar-refractivity contribution in [3.05, 3.63) is 65.2 Å². The average molecular weight is 1070 g/mol. The van der Waals surface area contributed by atoms with Crippen molar-refractivity contribution in [2.45, 2.75) is 141 Å². The van der Waals surface area contributed by atoms with Crippen molar-refractivity contribution < 1.29 is 65.2 Å². The highest BCUT2D eigenvalue weighted by atomic mass is 32.2. The van der Waals surface area contributed by atoms with Gasteiger partial charge in [-0.05, 0) is 156 Å². The molecule has 0 heterocycles. The number of nitrogens with one attached hydrogen (secondary N) is 7. The van der Waals surface area contributed by atoms with E-state index in [9.17, 15) is 41.5 Å². The molecule has 0 aromatic heterocycles. The Bertz CT molecular complexity index is 2350. The summed E-state index contributed by atoms with van der Waals surface area (Å²) in [5, 5.41) is 18.8. The fraction of sp³-hybridized carbons (Fsp3) is 0.540. The number of urea groups is 1. The van der Waals surface area contributed by atoms with Crippen LogP contribution in [-0.4, -0.2) is 97.0 Å². The van der Waals surface area contributed by atoms with Gasteiger partial charge in [0.2, 0.25) is 0 Å². The maximum atomic E-state index is 14.6. The van der Waals surface area contributed by atoms with Crippen molar-refractivity contribution in [3.8, 4) is 11.5 Å². The molecule has 0 saturated heterocycles. The number of hydrogen-bond donors (Lipinski definition) is 7. The van der Waals surface area contributed by atoms with E-state index in [4.69, 9.17) is 23.7 Å². The first kappa shape index (κ1) is 61.3. The van der Waals surface area contributed by atoms with Crippen LogP contribution in [0.4, 0.5) is 58.6 Å². The smallest absolute Gasteiger partial charge is 0.418 e. The second-order valence-corrected chi connectivity index (χ2v) is 22.5. The first-order valence-corrected chi connectivity index (χ1v) is 25.5. The van der Waals surface area contributed by atoms with E-state index in [-0.39, 0.29) is 73.3 Å². The Morgan fingerprint density at radius 2 is 1.04 bits per heavy atom. The predicted molar refractivity (Wildman–Crippen MR) is 277 cm³/mol. The zero-order valence-corrected chi connectivity index (χ0v) is 45.2. The topological polar surface area (TPSA) is 216 Å². The fourth-order valence-electron chi connectivity index (χ4n) is 6.12. The first-order chi connectivity index (χ1) is 33.8. The molecule has 3 aromatic carbocycles. The van der Waals surface area contributed by atoms with Gasteiger partial charge < -0.3 is 60.9 Å². The molecule has 73 heavy (non-hydrogen) atoms. The summed E-state index contributed by atoms with van der Waals surface area (Å²) in [7, 11) is 0. The third-order valence-electron chi connectivity index (χ3n) is 8.85. The lowest BCUT2D eigenvalue weighted by atomic mass is 10.1. The number of ether oxygens (including phenoxy) is 5. The molecule has 0 atom stereocenters. The molecule has 406 valence electrons. The molecule has 0 radical (unpaired) electrons. The second kappa shape index (κ2) is 27.4. The van der Waals surface area contributed by atoms with Crippen LogP contribution in [-0.2, 0) is 38.2 Å². The minimum atomic E-state index is -4.79. The summed E-state index contributed by atoms with van der Waals surface area (Å²) in [5.41, 5.74) is -2.90. The van der Waals surface area contributed by atoms with Crippen LogP contribution in [0, 0.1) is 0 Å². The van der Waals surface area contributed by atoms with Gasteiger partial charge in [0.05, 0.1) is 11.3 Å². The molecular weight excluding hydrogens is 999 g/mol. The largest absolute Gasteiger partial charge is 0.457 e. The van der Waals surface area contributed by atoms with E-state index in [2.05, 4.69) is 37.2 Å². The molecule has 3 aromatic rings. The summed E-state index contributed by atoms with van der Waals surface area (Å²) < 4.78 is 85.0. The van der Waals surface area contributed by atoms with E-state index >= 15 is 0 Å². The average Bonchev–Trinajstić information content (AvgIpc) is 3.23. The Balaban J connectivity index is 1.89. The quantitative estimate of drug-likeness (QED) is 0.0229. The monoisotopic (exact) mass is 1070 g/mol. The molecular formula is C50H71F4N7O10S2. The molecule has 0 aliphatic rings. The minimum Gasteiger partial charge on any atom is -0.457 e. The van der Waals surface area contributed by atoms with Crippen molar-refractivity contribution in [1.29, 1.82) is 0 Å². The van der Waals surface area contributed by atoms with Gasteiger partial charge in [0.1, 0.15) is 40.6 Å². The van der Waals surface area contributed by atoms with Gasteiger partial charge in [0.15, 0.2) is 0 Å². The molecule has 0 unspecified atom stereocenters. The number of alkyl carbamates (subject to hydrolysis) is 4. The van der Waals surface area contributed by atoms with Gasteiger partial charge in [0.25, 0.3) is 0 Å². The van der Waals surface area contributed by atoms with Gasteiger partial charge in [-0.25, -0.2) is 28.4 Å². The Morgan fingerprint density at radius 1 is 0.534 bits per heavy atom. The van der Waals surface area contributed by atoms with Crippen LogP contribution in [0.1, 0.15) is 106 Å². The number of alkyl halides is 4. The number of amides is 6. The van der Waals surface area contributed by atoms with E-state index in [1.807, 2.05) is 0 Å². The van der Waals surface area contributed by atoms with Crippen LogP contribution < -0.4 is 42.0 Å². The molecule has 23 heteroatoms. The van der Waals surface area contributed by atoms with Crippen molar-refractivity contribution in [2.24, 2.45) is 0 Å². The number of benzene rings is 3. The SMILES string of the molecule is CC(C)(C)OC(=O)NCCCc1cc(NC(=O)Nc2cc(CF)c(SCCNC(=O)OC(C)(C)C)cc2SCCNC(=O)OC(C)(C)C)ccc1Oc1ccc(NCCNC(=O)OC(C)(C)C)c(C(F)(F)F)c1. The number of rotatable bonds is 21. The second-order valence-electron chi connectivity index (χ2n) is 20.2. The highest BCUT2D eigenvalue weighted by Crippen LogP contribution is 2.40. The molecule has 0 saturated carbocycles. The predicted octanol–water partition coefficient (Wildman–Crippen LogP) is 12.2. The van der Waals surface area contributed by atoms with Crippen LogP contribution >= 0.6 is 23.5 Å². The number of carbonyl (C=O) groups excluding carboxylic acids is 5. The maximum absolute atomic E-state index is 14.6. The number of anilines is 3. The number of hydrogen-bond acceptors (Lipinski definition) is 13. The third kappa shape index (κ3) is 25.0.